The van der Waals surface area contributed by atoms with Crippen molar-refractivity contribution in [2.75, 3.05) is 31.5 Å². The van der Waals surface area contributed by atoms with Gasteiger partial charge < -0.3 is 10.2 Å². The van der Waals surface area contributed by atoms with Gasteiger partial charge in [0.2, 0.25) is 5.91 Å². The first-order valence-electron chi connectivity index (χ1n) is 10.9. The van der Waals surface area contributed by atoms with Crippen LogP contribution in [0, 0.1) is 12.8 Å². The highest BCUT2D eigenvalue weighted by molar-refractivity contribution is 6.04. The molecule has 6 nitrogen and oxygen atoms in total. The van der Waals surface area contributed by atoms with Crippen LogP contribution < -0.4 is 5.32 Å². The number of piperidine rings is 1. The van der Waals surface area contributed by atoms with E-state index in [0.717, 1.165) is 69.7 Å². The number of nitrogens with zero attached hydrogens (tertiary/aromatic N) is 3. The van der Waals surface area contributed by atoms with Crippen molar-refractivity contribution in [1.29, 1.82) is 0 Å². The highest BCUT2D eigenvalue weighted by Gasteiger charge is 2.29. The summed E-state index contributed by atoms with van der Waals surface area (Å²) >= 11 is 0. The van der Waals surface area contributed by atoms with Gasteiger partial charge in [0.05, 0.1) is 5.56 Å². The third-order valence-corrected chi connectivity index (χ3v) is 6.08. The van der Waals surface area contributed by atoms with Crippen LogP contribution in [0.25, 0.3) is 0 Å². The van der Waals surface area contributed by atoms with Crippen LogP contribution in [0.15, 0.2) is 42.7 Å². The van der Waals surface area contributed by atoms with Gasteiger partial charge in [0.15, 0.2) is 0 Å². The number of likely N-dealkylation sites (tertiary alicyclic amines) is 2. The zero-order chi connectivity index (χ0) is 20.9. The van der Waals surface area contributed by atoms with E-state index in [-0.39, 0.29) is 11.8 Å². The summed E-state index contributed by atoms with van der Waals surface area (Å²) in [5.74, 6) is 0.403. The maximum absolute atomic E-state index is 12.6. The van der Waals surface area contributed by atoms with Gasteiger partial charge in [0.1, 0.15) is 0 Å². The minimum absolute atomic E-state index is 0.149. The number of hydrogen-bond acceptors (Lipinski definition) is 4. The number of aryl methyl sites for hydroxylation is 1. The highest BCUT2D eigenvalue weighted by atomic mass is 16.2. The SMILES string of the molecule is Cc1cncc(C(=O)Nc2cccc(CN3CCC(C(=O)N4CCCC4)CC3)c2)c1. The molecule has 0 bridgehead atoms. The number of carbonyl (C=O) groups excluding carboxylic acids is 2. The molecule has 1 aromatic heterocycles. The van der Waals surface area contributed by atoms with Crippen molar-refractivity contribution < 1.29 is 9.59 Å². The fourth-order valence-corrected chi connectivity index (χ4v) is 4.42. The molecular weight excluding hydrogens is 376 g/mol. The summed E-state index contributed by atoms with van der Waals surface area (Å²) in [6.07, 6.45) is 7.49. The molecule has 2 saturated heterocycles. The number of amides is 2. The van der Waals surface area contributed by atoms with Gasteiger partial charge in [0.25, 0.3) is 5.91 Å². The Morgan fingerprint density at radius 3 is 2.57 bits per heavy atom. The summed E-state index contributed by atoms with van der Waals surface area (Å²) in [6.45, 7) is 6.52. The molecule has 0 unspecified atom stereocenters. The Labute approximate surface area is 178 Å². The van der Waals surface area contributed by atoms with Crippen LogP contribution in [0.5, 0.6) is 0 Å². The van der Waals surface area contributed by atoms with Crippen LogP contribution in [0.1, 0.15) is 47.2 Å². The summed E-state index contributed by atoms with van der Waals surface area (Å²) in [6, 6.07) is 9.84. The van der Waals surface area contributed by atoms with Gasteiger partial charge in [-0.1, -0.05) is 12.1 Å². The molecule has 2 aliphatic rings. The van der Waals surface area contributed by atoms with E-state index in [4.69, 9.17) is 0 Å². The molecule has 2 aliphatic heterocycles. The molecule has 158 valence electrons. The Hall–Kier alpha value is -2.73. The largest absolute Gasteiger partial charge is 0.342 e. The predicted molar refractivity (Wildman–Crippen MR) is 117 cm³/mol. The first kappa shape index (κ1) is 20.5. The lowest BCUT2D eigenvalue weighted by molar-refractivity contribution is -0.136. The van der Waals surface area contributed by atoms with E-state index in [1.54, 1.807) is 12.4 Å². The molecule has 6 heteroatoms. The minimum Gasteiger partial charge on any atom is -0.342 e. The molecule has 2 amide bonds. The summed E-state index contributed by atoms with van der Waals surface area (Å²) < 4.78 is 0. The Morgan fingerprint density at radius 2 is 1.83 bits per heavy atom. The fourth-order valence-electron chi connectivity index (χ4n) is 4.42. The third kappa shape index (κ3) is 5.05. The van der Waals surface area contributed by atoms with E-state index >= 15 is 0 Å². The Kier molecular flexibility index (Phi) is 6.43. The molecule has 0 spiro atoms. The van der Waals surface area contributed by atoms with E-state index in [1.807, 2.05) is 31.2 Å². The zero-order valence-corrected chi connectivity index (χ0v) is 17.6. The van der Waals surface area contributed by atoms with Crippen molar-refractivity contribution in [3.8, 4) is 0 Å². The normalized spacial score (nSPS) is 17.8. The van der Waals surface area contributed by atoms with Crippen LogP contribution in [0.3, 0.4) is 0 Å². The lowest BCUT2D eigenvalue weighted by atomic mass is 9.95. The van der Waals surface area contributed by atoms with Gasteiger partial charge in [-0.3, -0.25) is 19.5 Å². The van der Waals surface area contributed by atoms with Crippen molar-refractivity contribution in [3.63, 3.8) is 0 Å². The van der Waals surface area contributed by atoms with E-state index in [9.17, 15) is 9.59 Å². The van der Waals surface area contributed by atoms with Gasteiger partial charge in [0, 0.05) is 43.6 Å². The van der Waals surface area contributed by atoms with E-state index in [1.165, 1.54) is 5.56 Å². The van der Waals surface area contributed by atoms with Crippen molar-refractivity contribution in [2.45, 2.75) is 39.2 Å². The first-order valence-corrected chi connectivity index (χ1v) is 10.9. The molecule has 4 rings (SSSR count). The molecule has 0 saturated carbocycles. The van der Waals surface area contributed by atoms with Crippen LogP contribution in [-0.2, 0) is 11.3 Å². The summed E-state index contributed by atoms with van der Waals surface area (Å²) in [5.41, 5.74) is 3.48. The van der Waals surface area contributed by atoms with Crippen molar-refractivity contribution >= 4 is 17.5 Å². The molecule has 2 aromatic rings. The first-order chi connectivity index (χ1) is 14.6. The number of carbonyl (C=O) groups is 2. The molecule has 0 radical (unpaired) electrons. The van der Waals surface area contributed by atoms with E-state index in [0.29, 0.717) is 11.5 Å². The monoisotopic (exact) mass is 406 g/mol. The van der Waals surface area contributed by atoms with Gasteiger partial charge in [-0.15, -0.1) is 0 Å². The Bertz CT molecular complexity index is 900. The quantitative estimate of drug-likeness (QED) is 0.826. The van der Waals surface area contributed by atoms with Crippen LogP contribution in [0.2, 0.25) is 0 Å². The van der Waals surface area contributed by atoms with Crippen molar-refractivity contribution in [2.24, 2.45) is 5.92 Å². The molecular formula is C24H30N4O2. The van der Waals surface area contributed by atoms with Crippen LogP contribution >= 0.6 is 0 Å². The number of nitrogens with one attached hydrogen (secondary N) is 1. The van der Waals surface area contributed by atoms with Gasteiger partial charge in [-0.2, -0.15) is 0 Å². The summed E-state index contributed by atoms with van der Waals surface area (Å²) in [5, 5.41) is 2.97. The maximum atomic E-state index is 12.6. The zero-order valence-electron chi connectivity index (χ0n) is 17.6. The fraction of sp³-hybridized carbons (Fsp3) is 0.458. The molecule has 0 aliphatic carbocycles. The number of hydrogen-bond donors (Lipinski definition) is 1. The molecule has 3 heterocycles. The predicted octanol–water partition coefficient (Wildman–Crippen LogP) is 3.48. The number of pyridine rings is 1. The molecule has 1 N–H and O–H groups in total. The second-order valence-corrected chi connectivity index (χ2v) is 8.49. The lowest BCUT2D eigenvalue weighted by Gasteiger charge is -2.33. The summed E-state index contributed by atoms with van der Waals surface area (Å²) in [4.78, 5) is 33.6. The Balaban J connectivity index is 1.30. The molecule has 30 heavy (non-hydrogen) atoms. The standard InChI is InChI=1S/C24H30N4O2/c1-18-13-21(16-25-15-18)23(29)26-22-6-4-5-19(14-22)17-27-11-7-20(8-12-27)24(30)28-9-2-3-10-28/h4-6,13-16,20H,2-3,7-12,17H2,1H3,(H,26,29). The molecule has 2 fully saturated rings. The van der Waals surface area contributed by atoms with Crippen molar-refractivity contribution in [3.05, 3.63) is 59.4 Å². The third-order valence-electron chi connectivity index (χ3n) is 6.08. The number of aromatic nitrogens is 1. The topological polar surface area (TPSA) is 65.5 Å². The van der Waals surface area contributed by atoms with Gasteiger partial charge in [-0.05, 0) is 75.0 Å². The lowest BCUT2D eigenvalue weighted by Crippen LogP contribution is -2.41. The summed E-state index contributed by atoms with van der Waals surface area (Å²) in [7, 11) is 0. The van der Waals surface area contributed by atoms with E-state index < -0.39 is 0 Å². The molecule has 0 atom stereocenters. The second kappa shape index (κ2) is 9.39. The Morgan fingerprint density at radius 1 is 1.07 bits per heavy atom. The number of anilines is 1. The van der Waals surface area contributed by atoms with Crippen molar-refractivity contribution in [1.82, 2.24) is 14.8 Å². The van der Waals surface area contributed by atoms with Gasteiger partial charge >= 0.3 is 0 Å². The van der Waals surface area contributed by atoms with Crippen LogP contribution in [0.4, 0.5) is 5.69 Å². The average Bonchev–Trinajstić information content (AvgIpc) is 3.29. The second-order valence-electron chi connectivity index (χ2n) is 8.49. The average molecular weight is 407 g/mol. The molecule has 1 aromatic carbocycles. The van der Waals surface area contributed by atoms with E-state index in [2.05, 4.69) is 26.2 Å². The number of rotatable bonds is 5. The highest BCUT2D eigenvalue weighted by Crippen LogP contribution is 2.23. The minimum atomic E-state index is -0.149. The van der Waals surface area contributed by atoms with Crippen LogP contribution in [-0.4, -0.2) is 52.8 Å². The maximum Gasteiger partial charge on any atom is 0.257 e. The smallest absolute Gasteiger partial charge is 0.257 e. The number of benzene rings is 1. The van der Waals surface area contributed by atoms with Gasteiger partial charge in [-0.25, -0.2) is 0 Å².